The lowest BCUT2D eigenvalue weighted by atomic mass is 9.73. The van der Waals surface area contributed by atoms with Gasteiger partial charge in [-0.25, -0.2) is 0 Å². The zero-order chi connectivity index (χ0) is 24.9. The molecule has 4 aliphatic rings. The number of rotatable bonds is 6. The fourth-order valence-corrected chi connectivity index (χ4v) is 6.54. The molecule has 1 saturated carbocycles. The quantitative estimate of drug-likeness (QED) is 0.588. The van der Waals surface area contributed by atoms with E-state index in [9.17, 15) is 14.4 Å². The van der Waals surface area contributed by atoms with Crippen LogP contribution in [0.15, 0.2) is 49.1 Å². The zero-order valence-electron chi connectivity index (χ0n) is 20.1. The van der Waals surface area contributed by atoms with Crippen molar-refractivity contribution in [3.63, 3.8) is 0 Å². The van der Waals surface area contributed by atoms with E-state index in [1.54, 1.807) is 30.3 Å². The van der Waals surface area contributed by atoms with E-state index in [-0.39, 0.29) is 30.3 Å². The van der Waals surface area contributed by atoms with Crippen molar-refractivity contribution in [3.8, 4) is 0 Å². The molecular weight excluding hydrogens is 466 g/mol. The number of benzene rings is 1. The second kappa shape index (κ2) is 9.10. The van der Waals surface area contributed by atoms with E-state index < -0.39 is 29.6 Å². The Kier molecular flexibility index (Phi) is 6.26. The number of ether oxygens (including phenoxy) is 1. The van der Waals surface area contributed by atoms with Gasteiger partial charge in [-0.3, -0.25) is 14.4 Å². The van der Waals surface area contributed by atoms with Gasteiger partial charge in [-0.15, -0.1) is 6.58 Å². The van der Waals surface area contributed by atoms with Crippen molar-refractivity contribution < 1.29 is 19.1 Å². The summed E-state index contributed by atoms with van der Waals surface area (Å²) in [5.41, 5.74) is -0.580. The summed E-state index contributed by atoms with van der Waals surface area (Å²) in [5.74, 6) is -1.42. The van der Waals surface area contributed by atoms with Crippen molar-refractivity contribution in [2.45, 2.75) is 56.9 Å². The van der Waals surface area contributed by atoms with E-state index in [0.29, 0.717) is 22.5 Å². The first kappa shape index (κ1) is 24.1. The van der Waals surface area contributed by atoms with Gasteiger partial charge in [-0.05, 0) is 42.5 Å². The van der Waals surface area contributed by atoms with Crippen LogP contribution in [0, 0.1) is 23.7 Å². The van der Waals surface area contributed by atoms with Crippen molar-refractivity contribution >= 4 is 35.0 Å². The molecule has 186 valence electrons. The van der Waals surface area contributed by atoms with E-state index in [2.05, 4.69) is 31.1 Å². The molecule has 8 heteroatoms. The van der Waals surface area contributed by atoms with Gasteiger partial charge < -0.3 is 20.3 Å². The zero-order valence-corrected chi connectivity index (χ0v) is 20.8. The molecule has 7 nitrogen and oxygen atoms in total. The molecule has 1 aromatic carbocycles. The number of carbonyl (C=O) groups excluding carboxylic acids is 3. The first-order valence-corrected chi connectivity index (χ1v) is 12.8. The Bertz CT molecular complexity index is 1070. The molecule has 0 aromatic heterocycles. The molecule has 1 aliphatic carbocycles. The molecule has 3 aliphatic heterocycles. The number of halogens is 1. The third-order valence-corrected chi connectivity index (χ3v) is 8.65. The Morgan fingerprint density at radius 3 is 2.69 bits per heavy atom. The third kappa shape index (κ3) is 3.89. The highest BCUT2D eigenvalue weighted by atomic mass is 35.5. The molecular formula is C27H32ClN3O4. The predicted octanol–water partition coefficient (Wildman–Crippen LogP) is 3.56. The predicted molar refractivity (Wildman–Crippen MR) is 134 cm³/mol. The lowest BCUT2D eigenvalue weighted by molar-refractivity contribution is -0.141. The highest BCUT2D eigenvalue weighted by Gasteiger charge is 2.72. The number of anilines is 1. The lowest BCUT2D eigenvalue weighted by Crippen LogP contribution is -2.57. The normalized spacial score (nSPS) is 37.3. The van der Waals surface area contributed by atoms with Gasteiger partial charge in [0.2, 0.25) is 17.7 Å². The maximum Gasteiger partial charge on any atom is 0.246 e. The van der Waals surface area contributed by atoms with Crippen LogP contribution in [0.5, 0.6) is 0 Å². The minimum absolute atomic E-state index is 0.0500. The second-order valence-corrected chi connectivity index (χ2v) is 10.8. The van der Waals surface area contributed by atoms with Gasteiger partial charge in [-0.2, -0.15) is 0 Å². The smallest absolute Gasteiger partial charge is 0.246 e. The topological polar surface area (TPSA) is 87.7 Å². The van der Waals surface area contributed by atoms with Crippen LogP contribution in [0.2, 0.25) is 5.02 Å². The highest BCUT2D eigenvalue weighted by molar-refractivity contribution is 6.30. The summed E-state index contributed by atoms with van der Waals surface area (Å²) < 4.78 is 6.34. The molecule has 1 aromatic rings. The number of nitrogens with zero attached hydrogens (tertiary/aromatic N) is 1. The molecule has 8 atom stereocenters. The number of fused-ring (bicyclic) bond motifs is 1. The molecule has 3 fully saturated rings. The molecule has 5 rings (SSSR count). The number of likely N-dealkylation sites (tertiary alicyclic amines) is 1. The molecule has 2 saturated heterocycles. The summed E-state index contributed by atoms with van der Waals surface area (Å²) in [5, 5.41) is 6.69. The number of amides is 3. The summed E-state index contributed by atoms with van der Waals surface area (Å²) in [7, 11) is 0. The second-order valence-electron chi connectivity index (χ2n) is 10.4. The summed E-state index contributed by atoms with van der Waals surface area (Å²) in [6.45, 7) is 8.38. The molecule has 3 amide bonds. The molecule has 3 heterocycles. The molecule has 0 radical (unpaired) electrons. The van der Waals surface area contributed by atoms with Crippen LogP contribution in [-0.2, 0) is 19.1 Å². The van der Waals surface area contributed by atoms with Crippen molar-refractivity contribution in [1.82, 2.24) is 10.2 Å². The van der Waals surface area contributed by atoms with Crippen LogP contribution >= 0.6 is 11.6 Å². The van der Waals surface area contributed by atoms with Gasteiger partial charge in [0, 0.05) is 23.3 Å². The Hall–Kier alpha value is -2.64. The number of hydrogen-bond acceptors (Lipinski definition) is 4. The lowest BCUT2D eigenvalue weighted by Gasteiger charge is -2.37. The number of carbonyl (C=O) groups is 3. The van der Waals surface area contributed by atoms with Crippen molar-refractivity contribution in [2.75, 3.05) is 11.9 Å². The Morgan fingerprint density at radius 2 is 1.97 bits per heavy atom. The maximum absolute atomic E-state index is 13.8. The minimum atomic E-state index is -1.17. The van der Waals surface area contributed by atoms with E-state index in [1.807, 2.05) is 12.2 Å². The van der Waals surface area contributed by atoms with E-state index >= 15 is 0 Å². The van der Waals surface area contributed by atoms with Crippen molar-refractivity contribution in [1.29, 1.82) is 0 Å². The van der Waals surface area contributed by atoms with Gasteiger partial charge in [0.15, 0.2) is 0 Å². The SMILES string of the molecule is C=CCN1C(=O)[C@@H]2[C@H](C(=O)Nc3ccc(Cl)cc3)[C@@H]3C=C[C@@]2(O3)[C@@H]1C(=O)N[C@@H]1CCC[C@H](C)[C@@H]1C. The third-order valence-electron chi connectivity index (χ3n) is 8.40. The van der Waals surface area contributed by atoms with Gasteiger partial charge in [0.05, 0.1) is 17.9 Å². The van der Waals surface area contributed by atoms with Crippen LogP contribution in [0.3, 0.4) is 0 Å². The van der Waals surface area contributed by atoms with Crippen LogP contribution < -0.4 is 10.6 Å². The van der Waals surface area contributed by atoms with Gasteiger partial charge in [0.25, 0.3) is 0 Å². The monoisotopic (exact) mass is 497 g/mol. The highest BCUT2D eigenvalue weighted by Crippen LogP contribution is 2.55. The van der Waals surface area contributed by atoms with Crippen molar-refractivity contribution in [2.24, 2.45) is 23.7 Å². The fourth-order valence-electron chi connectivity index (χ4n) is 6.41. The fraction of sp³-hybridized carbons (Fsp3) is 0.519. The van der Waals surface area contributed by atoms with Crippen LogP contribution in [0.4, 0.5) is 5.69 Å². The van der Waals surface area contributed by atoms with Crippen LogP contribution in [0.1, 0.15) is 33.1 Å². The average molecular weight is 498 g/mol. The average Bonchev–Trinajstić information content (AvgIpc) is 3.46. The Labute approximate surface area is 210 Å². The van der Waals surface area contributed by atoms with Gasteiger partial charge >= 0.3 is 0 Å². The Balaban J connectivity index is 1.42. The van der Waals surface area contributed by atoms with E-state index in [0.717, 1.165) is 19.3 Å². The molecule has 35 heavy (non-hydrogen) atoms. The molecule has 2 N–H and O–H groups in total. The van der Waals surface area contributed by atoms with Gasteiger partial charge in [0.1, 0.15) is 11.6 Å². The first-order chi connectivity index (χ1) is 16.8. The minimum Gasteiger partial charge on any atom is -0.359 e. The first-order valence-electron chi connectivity index (χ1n) is 12.4. The summed E-state index contributed by atoms with van der Waals surface area (Å²) in [4.78, 5) is 42.3. The summed E-state index contributed by atoms with van der Waals surface area (Å²) >= 11 is 5.96. The molecule has 1 spiro atoms. The summed E-state index contributed by atoms with van der Waals surface area (Å²) in [6, 6.07) is 6.00. The molecule has 0 unspecified atom stereocenters. The maximum atomic E-state index is 13.8. The number of nitrogens with one attached hydrogen (secondary N) is 2. The van der Waals surface area contributed by atoms with E-state index in [1.165, 1.54) is 4.90 Å². The van der Waals surface area contributed by atoms with Gasteiger partial charge in [-0.1, -0.05) is 56.5 Å². The number of hydrogen-bond donors (Lipinski definition) is 2. The standard InChI is InChI=1S/C27H32ClN3O4/c1-4-14-31-23(25(33)30-19-7-5-6-15(2)16(19)3)27-13-12-20(35-27)21(22(27)26(31)34)24(32)29-18-10-8-17(28)9-11-18/h4,8-13,15-16,19-23H,1,5-7,14H2,2-3H3,(H,29,32)(H,30,33)/t15-,16-,19+,20-,21+,22-,23-,27-/m0/s1. The summed E-state index contributed by atoms with van der Waals surface area (Å²) in [6.07, 6.45) is 7.83. The van der Waals surface area contributed by atoms with Crippen LogP contribution in [0.25, 0.3) is 0 Å². The molecule has 2 bridgehead atoms. The van der Waals surface area contributed by atoms with Crippen LogP contribution in [-0.4, -0.2) is 53.0 Å². The van der Waals surface area contributed by atoms with Crippen molar-refractivity contribution in [3.05, 3.63) is 54.1 Å². The largest absolute Gasteiger partial charge is 0.359 e. The Morgan fingerprint density at radius 1 is 1.23 bits per heavy atom. The van der Waals surface area contributed by atoms with E-state index in [4.69, 9.17) is 16.3 Å².